The Morgan fingerprint density at radius 2 is 1.94 bits per heavy atom. The number of hydrogen-bond donors (Lipinski definition) is 1. The van der Waals surface area contributed by atoms with Gasteiger partial charge in [0.05, 0.1) is 0 Å². The van der Waals surface area contributed by atoms with Crippen LogP contribution in [0.4, 0.5) is 0 Å². The van der Waals surface area contributed by atoms with Crippen LogP contribution in [0, 0.1) is 0 Å². The van der Waals surface area contributed by atoms with Gasteiger partial charge in [-0.2, -0.15) is 0 Å². The van der Waals surface area contributed by atoms with Crippen LogP contribution < -0.4 is 5.73 Å². The SMILES string of the molecule is CCCC(N)CCC(=O)N(C)C1CCCCC1. The van der Waals surface area contributed by atoms with E-state index in [1.807, 2.05) is 11.9 Å². The molecule has 0 aromatic rings. The third kappa shape index (κ3) is 5.07. The average Bonchev–Trinajstić information content (AvgIpc) is 2.36. The van der Waals surface area contributed by atoms with E-state index in [9.17, 15) is 4.79 Å². The van der Waals surface area contributed by atoms with E-state index in [-0.39, 0.29) is 11.9 Å². The van der Waals surface area contributed by atoms with Crippen LogP contribution in [-0.2, 0) is 4.79 Å². The molecule has 2 N–H and O–H groups in total. The topological polar surface area (TPSA) is 46.3 Å². The highest BCUT2D eigenvalue weighted by Crippen LogP contribution is 2.22. The van der Waals surface area contributed by atoms with E-state index in [4.69, 9.17) is 5.73 Å². The molecule has 100 valence electrons. The van der Waals surface area contributed by atoms with Crippen LogP contribution in [0.5, 0.6) is 0 Å². The van der Waals surface area contributed by atoms with E-state index in [0.717, 1.165) is 19.3 Å². The number of rotatable bonds is 6. The quantitative estimate of drug-likeness (QED) is 0.776. The lowest BCUT2D eigenvalue weighted by Crippen LogP contribution is -2.38. The Bertz CT molecular complexity index is 224. The highest BCUT2D eigenvalue weighted by molar-refractivity contribution is 5.76. The van der Waals surface area contributed by atoms with Gasteiger partial charge in [0.1, 0.15) is 0 Å². The summed E-state index contributed by atoms with van der Waals surface area (Å²) in [5, 5.41) is 0. The van der Waals surface area contributed by atoms with Crippen LogP contribution in [0.2, 0.25) is 0 Å². The van der Waals surface area contributed by atoms with E-state index in [1.54, 1.807) is 0 Å². The van der Waals surface area contributed by atoms with Crippen molar-refractivity contribution in [2.45, 2.75) is 76.8 Å². The largest absolute Gasteiger partial charge is 0.343 e. The smallest absolute Gasteiger partial charge is 0.222 e. The van der Waals surface area contributed by atoms with Gasteiger partial charge >= 0.3 is 0 Å². The highest BCUT2D eigenvalue weighted by Gasteiger charge is 2.21. The summed E-state index contributed by atoms with van der Waals surface area (Å²) >= 11 is 0. The molecular weight excluding hydrogens is 212 g/mol. The molecule has 1 atom stereocenters. The second kappa shape index (κ2) is 7.70. The van der Waals surface area contributed by atoms with Gasteiger partial charge in [0.25, 0.3) is 0 Å². The van der Waals surface area contributed by atoms with Crippen LogP contribution in [0.1, 0.15) is 64.7 Å². The number of nitrogens with zero attached hydrogens (tertiary/aromatic N) is 1. The predicted molar refractivity (Wildman–Crippen MR) is 71.8 cm³/mol. The number of amides is 1. The van der Waals surface area contributed by atoms with E-state index in [1.165, 1.54) is 32.1 Å². The van der Waals surface area contributed by atoms with Crippen molar-refractivity contribution in [2.24, 2.45) is 5.73 Å². The lowest BCUT2D eigenvalue weighted by Gasteiger charge is -2.31. The molecule has 1 fully saturated rings. The normalized spacial score (nSPS) is 19.0. The Morgan fingerprint density at radius 3 is 2.53 bits per heavy atom. The minimum atomic E-state index is 0.198. The Hall–Kier alpha value is -0.570. The van der Waals surface area contributed by atoms with Gasteiger partial charge < -0.3 is 10.6 Å². The molecule has 3 heteroatoms. The summed E-state index contributed by atoms with van der Waals surface area (Å²) in [6, 6.07) is 0.683. The van der Waals surface area contributed by atoms with Crippen LogP contribution in [0.3, 0.4) is 0 Å². The predicted octanol–water partition coefficient (Wildman–Crippen LogP) is 2.69. The highest BCUT2D eigenvalue weighted by atomic mass is 16.2. The Labute approximate surface area is 106 Å². The van der Waals surface area contributed by atoms with Gasteiger partial charge in [0.15, 0.2) is 0 Å². The fourth-order valence-electron chi connectivity index (χ4n) is 2.67. The van der Waals surface area contributed by atoms with Crippen molar-refractivity contribution in [3.63, 3.8) is 0 Å². The summed E-state index contributed by atoms with van der Waals surface area (Å²) in [6.07, 6.45) is 9.84. The molecule has 1 amide bonds. The Balaban J connectivity index is 2.25. The first-order chi connectivity index (χ1) is 8.15. The van der Waals surface area contributed by atoms with E-state index < -0.39 is 0 Å². The molecule has 0 aromatic carbocycles. The minimum absolute atomic E-state index is 0.198. The number of carbonyl (C=O) groups excluding carboxylic acids is 1. The number of carbonyl (C=O) groups is 1. The zero-order valence-electron chi connectivity index (χ0n) is 11.5. The molecule has 0 saturated heterocycles. The van der Waals surface area contributed by atoms with Crippen molar-refractivity contribution in [1.29, 1.82) is 0 Å². The first-order valence-corrected chi connectivity index (χ1v) is 7.16. The van der Waals surface area contributed by atoms with Crippen molar-refractivity contribution in [3.8, 4) is 0 Å². The number of hydrogen-bond acceptors (Lipinski definition) is 2. The molecule has 1 aliphatic rings. The second-order valence-corrected chi connectivity index (χ2v) is 5.38. The first-order valence-electron chi connectivity index (χ1n) is 7.16. The standard InChI is InChI=1S/C14H28N2O/c1-3-7-12(15)10-11-14(17)16(2)13-8-5-4-6-9-13/h12-13H,3-11,15H2,1-2H3. The van der Waals surface area contributed by atoms with Gasteiger partial charge in [-0.15, -0.1) is 0 Å². The monoisotopic (exact) mass is 240 g/mol. The van der Waals surface area contributed by atoms with Gasteiger partial charge in [-0.05, 0) is 25.7 Å². The van der Waals surface area contributed by atoms with Crippen LogP contribution in [-0.4, -0.2) is 29.9 Å². The molecule has 0 bridgehead atoms. The molecule has 0 radical (unpaired) electrons. The molecule has 1 rings (SSSR count). The van der Waals surface area contributed by atoms with Crippen LogP contribution in [0.25, 0.3) is 0 Å². The third-order valence-corrected chi connectivity index (χ3v) is 3.90. The van der Waals surface area contributed by atoms with E-state index in [2.05, 4.69) is 6.92 Å². The lowest BCUT2D eigenvalue weighted by molar-refractivity contribution is -0.132. The van der Waals surface area contributed by atoms with Crippen LogP contribution >= 0.6 is 0 Å². The zero-order valence-corrected chi connectivity index (χ0v) is 11.5. The van der Waals surface area contributed by atoms with Crippen molar-refractivity contribution in [3.05, 3.63) is 0 Å². The number of nitrogens with two attached hydrogens (primary N) is 1. The molecule has 17 heavy (non-hydrogen) atoms. The fourth-order valence-corrected chi connectivity index (χ4v) is 2.67. The van der Waals surface area contributed by atoms with Crippen LogP contribution in [0.15, 0.2) is 0 Å². The van der Waals surface area contributed by atoms with Gasteiger partial charge in [-0.3, -0.25) is 4.79 Å². The van der Waals surface area contributed by atoms with E-state index >= 15 is 0 Å². The maximum atomic E-state index is 12.0. The molecule has 3 nitrogen and oxygen atoms in total. The molecule has 1 saturated carbocycles. The van der Waals surface area contributed by atoms with Crippen molar-refractivity contribution >= 4 is 5.91 Å². The molecule has 0 aliphatic heterocycles. The lowest BCUT2D eigenvalue weighted by atomic mass is 9.94. The van der Waals surface area contributed by atoms with E-state index in [0.29, 0.717) is 12.5 Å². The Kier molecular flexibility index (Phi) is 6.56. The maximum Gasteiger partial charge on any atom is 0.222 e. The van der Waals surface area contributed by atoms with Gasteiger partial charge in [0.2, 0.25) is 5.91 Å². The van der Waals surface area contributed by atoms with Gasteiger partial charge in [0, 0.05) is 25.6 Å². The van der Waals surface area contributed by atoms with Gasteiger partial charge in [-0.1, -0.05) is 32.6 Å². The second-order valence-electron chi connectivity index (χ2n) is 5.38. The molecule has 1 aliphatic carbocycles. The minimum Gasteiger partial charge on any atom is -0.343 e. The summed E-state index contributed by atoms with van der Waals surface area (Å²) in [6.45, 7) is 2.13. The maximum absolute atomic E-state index is 12.0. The molecular formula is C14H28N2O. The summed E-state index contributed by atoms with van der Waals surface area (Å²) in [5.41, 5.74) is 5.94. The summed E-state index contributed by atoms with van der Waals surface area (Å²) in [4.78, 5) is 14.0. The van der Waals surface area contributed by atoms with Crippen molar-refractivity contribution in [1.82, 2.24) is 4.90 Å². The first kappa shape index (κ1) is 14.5. The van der Waals surface area contributed by atoms with Crippen molar-refractivity contribution in [2.75, 3.05) is 7.05 Å². The summed E-state index contributed by atoms with van der Waals surface area (Å²) in [5.74, 6) is 0.281. The zero-order chi connectivity index (χ0) is 12.7. The Morgan fingerprint density at radius 1 is 1.29 bits per heavy atom. The molecule has 1 unspecified atom stereocenters. The summed E-state index contributed by atoms with van der Waals surface area (Å²) < 4.78 is 0. The fraction of sp³-hybridized carbons (Fsp3) is 0.929. The van der Waals surface area contributed by atoms with Gasteiger partial charge in [-0.25, -0.2) is 0 Å². The molecule has 0 aromatic heterocycles. The molecule has 0 heterocycles. The van der Waals surface area contributed by atoms with Crippen molar-refractivity contribution < 1.29 is 4.79 Å². The third-order valence-electron chi connectivity index (χ3n) is 3.90. The summed E-state index contributed by atoms with van der Waals surface area (Å²) in [7, 11) is 1.96. The average molecular weight is 240 g/mol. The molecule has 0 spiro atoms.